The predicted molar refractivity (Wildman–Crippen MR) is 76.6 cm³/mol. The van der Waals surface area contributed by atoms with E-state index in [4.69, 9.17) is 14.2 Å². The van der Waals surface area contributed by atoms with Gasteiger partial charge in [-0.3, -0.25) is 0 Å². The van der Waals surface area contributed by atoms with Crippen LogP contribution in [0.2, 0.25) is 0 Å². The molecular formula is C13H15N5O3. The first-order valence-electron chi connectivity index (χ1n) is 6.43. The molecule has 3 rings (SSSR count). The molecule has 1 aromatic heterocycles. The number of aromatic nitrogens is 3. The summed E-state index contributed by atoms with van der Waals surface area (Å²) in [4.78, 5) is 12.4. The summed E-state index contributed by atoms with van der Waals surface area (Å²) in [6.07, 6.45) is 0. The van der Waals surface area contributed by atoms with Crippen LogP contribution in [0.4, 0.5) is 17.6 Å². The number of nitrogens with one attached hydrogen (secondary N) is 2. The first-order valence-corrected chi connectivity index (χ1v) is 6.43. The van der Waals surface area contributed by atoms with Crippen LogP contribution >= 0.6 is 0 Å². The van der Waals surface area contributed by atoms with Crippen LogP contribution < -0.4 is 24.8 Å². The van der Waals surface area contributed by atoms with Gasteiger partial charge in [-0.25, -0.2) is 0 Å². The Morgan fingerprint density at radius 3 is 2.57 bits per heavy atom. The van der Waals surface area contributed by atoms with Gasteiger partial charge in [-0.2, -0.15) is 15.0 Å². The van der Waals surface area contributed by atoms with E-state index in [1.807, 2.05) is 18.2 Å². The molecule has 8 heteroatoms. The summed E-state index contributed by atoms with van der Waals surface area (Å²) in [5.74, 6) is 2.22. The van der Waals surface area contributed by atoms with Gasteiger partial charge in [-0.1, -0.05) is 0 Å². The molecule has 2 N–H and O–H groups in total. The summed E-state index contributed by atoms with van der Waals surface area (Å²) in [5.41, 5.74) is 0.787. The number of hydrogen-bond donors (Lipinski definition) is 2. The summed E-state index contributed by atoms with van der Waals surface area (Å²) in [7, 11) is 3.23. The van der Waals surface area contributed by atoms with Gasteiger partial charge in [0, 0.05) is 18.8 Å². The summed E-state index contributed by atoms with van der Waals surface area (Å²) in [6, 6.07) is 5.77. The van der Waals surface area contributed by atoms with Gasteiger partial charge in [0.15, 0.2) is 11.5 Å². The van der Waals surface area contributed by atoms with Gasteiger partial charge in [0.2, 0.25) is 11.9 Å². The smallest absolute Gasteiger partial charge is 0.322 e. The number of benzene rings is 1. The third kappa shape index (κ3) is 2.88. The lowest BCUT2D eigenvalue weighted by atomic mass is 10.2. The molecule has 0 aliphatic carbocycles. The van der Waals surface area contributed by atoms with E-state index >= 15 is 0 Å². The van der Waals surface area contributed by atoms with Crippen LogP contribution in [0.1, 0.15) is 0 Å². The molecule has 1 aromatic carbocycles. The highest BCUT2D eigenvalue weighted by molar-refractivity contribution is 5.60. The molecule has 0 radical (unpaired) electrons. The van der Waals surface area contributed by atoms with Crippen LogP contribution in [0, 0.1) is 0 Å². The molecule has 110 valence electrons. The monoisotopic (exact) mass is 289 g/mol. The first kappa shape index (κ1) is 13.2. The van der Waals surface area contributed by atoms with Crippen LogP contribution in [0.25, 0.3) is 0 Å². The van der Waals surface area contributed by atoms with Gasteiger partial charge >= 0.3 is 6.01 Å². The molecule has 0 bridgehead atoms. The van der Waals surface area contributed by atoms with Crippen LogP contribution in [-0.2, 0) is 0 Å². The van der Waals surface area contributed by atoms with E-state index in [0.29, 0.717) is 30.9 Å². The molecule has 0 saturated carbocycles. The molecule has 21 heavy (non-hydrogen) atoms. The van der Waals surface area contributed by atoms with Gasteiger partial charge in [0.25, 0.3) is 0 Å². The fourth-order valence-corrected chi connectivity index (χ4v) is 1.87. The number of rotatable bonds is 4. The molecule has 8 nitrogen and oxygen atoms in total. The quantitative estimate of drug-likeness (QED) is 0.873. The highest BCUT2D eigenvalue weighted by atomic mass is 16.6. The third-order valence-corrected chi connectivity index (χ3v) is 2.82. The minimum Gasteiger partial charge on any atom is -0.486 e. The van der Waals surface area contributed by atoms with Crippen molar-refractivity contribution < 1.29 is 14.2 Å². The Kier molecular flexibility index (Phi) is 3.59. The van der Waals surface area contributed by atoms with Crippen molar-refractivity contribution in [2.45, 2.75) is 0 Å². The number of fused-ring (bicyclic) bond motifs is 1. The van der Waals surface area contributed by atoms with Crippen molar-refractivity contribution in [3.63, 3.8) is 0 Å². The average molecular weight is 289 g/mol. The van der Waals surface area contributed by atoms with E-state index in [-0.39, 0.29) is 6.01 Å². The molecule has 0 unspecified atom stereocenters. The molecular weight excluding hydrogens is 274 g/mol. The van der Waals surface area contributed by atoms with Crippen molar-refractivity contribution in [1.29, 1.82) is 0 Å². The standard InChI is InChI=1S/C13H15N5O3/c1-14-11-16-12(18-13(17-11)19-2)15-8-3-4-9-10(7-8)21-6-5-20-9/h3-4,7H,5-6H2,1-2H3,(H2,14,15,16,17,18). The van der Waals surface area contributed by atoms with Crippen LogP contribution in [0.15, 0.2) is 18.2 Å². The van der Waals surface area contributed by atoms with Crippen molar-refractivity contribution in [3.8, 4) is 17.5 Å². The van der Waals surface area contributed by atoms with Crippen LogP contribution in [0.3, 0.4) is 0 Å². The van der Waals surface area contributed by atoms with E-state index in [9.17, 15) is 0 Å². The molecule has 2 aromatic rings. The maximum absolute atomic E-state index is 5.54. The summed E-state index contributed by atoms with van der Waals surface area (Å²) in [5, 5.41) is 5.94. The van der Waals surface area contributed by atoms with E-state index < -0.39 is 0 Å². The first-order chi connectivity index (χ1) is 10.3. The van der Waals surface area contributed by atoms with Crippen molar-refractivity contribution in [3.05, 3.63) is 18.2 Å². The minimum absolute atomic E-state index is 0.231. The number of nitrogens with zero attached hydrogens (tertiary/aromatic N) is 3. The molecule has 0 saturated heterocycles. The van der Waals surface area contributed by atoms with Gasteiger partial charge < -0.3 is 24.8 Å². The molecule has 0 atom stereocenters. The van der Waals surface area contributed by atoms with Crippen LogP contribution in [0.5, 0.6) is 17.5 Å². The van der Waals surface area contributed by atoms with E-state index in [1.165, 1.54) is 7.11 Å². The summed E-state index contributed by atoms with van der Waals surface area (Å²) in [6.45, 7) is 1.11. The van der Waals surface area contributed by atoms with E-state index in [0.717, 1.165) is 11.4 Å². The molecule has 1 aliphatic heterocycles. The molecule has 0 amide bonds. The zero-order valence-electron chi connectivity index (χ0n) is 11.7. The van der Waals surface area contributed by atoms with Gasteiger partial charge in [0.1, 0.15) is 13.2 Å². The second-order valence-electron chi connectivity index (χ2n) is 4.20. The lowest BCUT2D eigenvalue weighted by Crippen LogP contribution is -2.15. The van der Waals surface area contributed by atoms with Crippen molar-refractivity contribution >= 4 is 17.6 Å². The molecule has 0 spiro atoms. The fraction of sp³-hybridized carbons (Fsp3) is 0.308. The highest BCUT2D eigenvalue weighted by Gasteiger charge is 2.13. The van der Waals surface area contributed by atoms with Crippen molar-refractivity contribution in [2.75, 3.05) is 38.0 Å². The van der Waals surface area contributed by atoms with Crippen molar-refractivity contribution in [1.82, 2.24) is 15.0 Å². The zero-order chi connectivity index (χ0) is 14.7. The Bertz CT molecular complexity index is 627. The maximum atomic E-state index is 5.54. The Hall–Kier alpha value is -2.77. The van der Waals surface area contributed by atoms with E-state index in [1.54, 1.807) is 7.05 Å². The lowest BCUT2D eigenvalue weighted by molar-refractivity contribution is 0.171. The topological polar surface area (TPSA) is 90.4 Å². The number of hydrogen-bond acceptors (Lipinski definition) is 8. The predicted octanol–water partition coefficient (Wildman–Crippen LogP) is 1.44. The normalized spacial score (nSPS) is 12.7. The van der Waals surface area contributed by atoms with Gasteiger partial charge in [0.05, 0.1) is 7.11 Å². The third-order valence-electron chi connectivity index (χ3n) is 2.82. The Morgan fingerprint density at radius 2 is 1.81 bits per heavy atom. The summed E-state index contributed by atoms with van der Waals surface area (Å²) < 4.78 is 16.1. The molecule has 2 heterocycles. The average Bonchev–Trinajstić information content (AvgIpc) is 2.54. The van der Waals surface area contributed by atoms with E-state index in [2.05, 4.69) is 25.6 Å². The number of anilines is 3. The number of ether oxygens (including phenoxy) is 3. The van der Waals surface area contributed by atoms with Gasteiger partial charge in [-0.05, 0) is 12.1 Å². The SMILES string of the molecule is CNc1nc(Nc2ccc3c(c2)OCCO3)nc(OC)n1. The van der Waals surface area contributed by atoms with Crippen molar-refractivity contribution in [2.24, 2.45) is 0 Å². The second-order valence-corrected chi connectivity index (χ2v) is 4.20. The van der Waals surface area contributed by atoms with Gasteiger partial charge in [-0.15, -0.1) is 0 Å². The second kappa shape index (κ2) is 5.70. The zero-order valence-corrected chi connectivity index (χ0v) is 11.7. The highest BCUT2D eigenvalue weighted by Crippen LogP contribution is 2.33. The molecule has 0 fully saturated rings. The Morgan fingerprint density at radius 1 is 1.05 bits per heavy atom. The number of methoxy groups -OCH3 is 1. The summed E-state index contributed by atoms with van der Waals surface area (Å²) >= 11 is 0. The lowest BCUT2D eigenvalue weighted by Gasteiger charge is -2.19. The molecule has 1 aliphatic rings. The fourth-order valence-electron chi connectivity index (χ4n) is 1.87. The van der Waals surface area contributed by atoms with Crippen LogP contribution in [-0.4, -0.2) is 42.3 Å². The Labute approximate surface area is 121 Å². The Balaban J connectivity index is 1.86. The largest absolute Gasteiger partial charge is 0.486 e. The minimum atomic E-state index is 0.231. The maximum Gasteiger partial charge on any atom is 0.322 e.